The van der Waals surface area contributed by atoms with Crippen molar-refractivity contribution in [3.8, 4) is 16.9 Å². The molecule has 7 rings (SSSR count). The third kappa shape index (κ3) is 6.37. The van der Waals surface area contributed by atoms with Crippen LogP contribution in [0, 0.1) is 17.8 Å². The van der Waals surface area contributed by atoms with Crippen molar-refractivity contribution in [1.29, 1.82) is 0 Å². The van der Waals surface area contributed by atoms with Gasteiger partial charge >= 0.3 is 6.09 Å². The number of oxime groups is 1. The Balaban J connectivity index is 1.16. The van der Waals surface area contributed by atoms with Crippen molar-refractivity contribution in [2.75, 3.05) is 13.2 Å². The van der Waals surface area contributed by atoms with Crippen LogP contribution in [0.4, 0.5) is 4.79 Å². The van der Waals surface area contributed by atoms with Crippen LogP contribution < -0.4 is 25.6 Å². The fourth-order valence-corrected chi connectivity index (χ4v) is 8.03. The summed E-state index contributed by atoms with van der Waals surface area (Å²) < 4.78 is 38.2. The van der Waals surface area contributed by atoms with Gasteiger partial charge in [0.05, 0.1) is 17.1 Å². The average molecular weight is 690 g/mol. The number of nitrogens with one attached hydrogen (secondary N) is 4. The monoisotopic (exact) mass is 689 g/mol. The Morgan fingerprint density at radius 2 is 1.69 bits per heavy atom. The number of nitrogens with zero attached hydrogens (tertiary/aromatic N) is 1. The van der Waals surface area contributed by atoms with Crippen molar-refractivity contribution in [3.05, 3.63) is 78.4 Å². The number of hydrazine groups is 1. The highest BCUT2D eigenvalue weighted by molar-refractivity contribution is 7.91. The Hall–Kier alpha value is -5.18. The number of hydrogen-bond acceptors (Lipinski definition) is 10. The normalized spacial score (nSPS) is 29.3. The molecule has 4 amide bonds. The Labute approximate surface area is 282 Å². The first-order chi connectivity index (χ1) is 23.6. The Kier molecular flexibility index (Phi) is 8.38. The molecule has 15 heteroatoms. The molecule has 3 fully saturated rings. The van der Waals surface area contributed by atoms with Gasteiger partial charge in [0, 0.05) is 17.0 Å². The second-order valence-corrected chi connectivity index (χ2v) is 14.7. The predicted molar refractivity (Wildman–Crippen MR) is 175 cm³/mol. The Bertz CT molecular complexity index is 1910. The van der Waals surface area contributed by atoms with Crippen LogP contribution in [-0.2, 0) is 34.0 Å². The maximum atomic E-state index is 13.9. The van der Waals surface area contributed by atoms with Gasteiger partial charge < -0.3 is 19.6 Å². The highest BCUT2D eigenvalue weighted by Gasteiger charge is 2.62. The second kappa shape index (κ2) is 12.7. The van der Waals surface area contributed by atoms with Gasteiger partial charge in [-0.15, -0.1) is 6.58 Å². The van der Waals surface area contributed by atoms with Crippen LogP contribution in [0.2, 0.25) is 0 Å². The lowest BCUT2D eigenvalue weighted by Crippen LogP contribution is -2.54. The molecule has 3 saturated carbocycles. The van der Waals surface area contributed by atoms with Crippen LogP contribution in [0.5, 0.6) is 5.75 Å². The zero-order valence-corrected chi connectivity index (χ0v) is 27.2. The lowest BCUT2D eigenvalue weighted by Gasteiger charge is -2.23. The molecular weight excluding hydrogens is 654 g/mol. The summed E-state index contributed by atoms with van der Waals surface area (Å²) in [5.41, 5.74) is 7.10. The summed E-state index contributed by atoms with van der Waals surface area (Å²) in [5.74, 6) is -4.10. The highest BCUT2D eigenvalue weighted by Crippen LogP contribution is 2.46. The largest absolute Gasteiger partial charge is 0.490 e. The number of hydrogen-bond donors (Lipinski definition) is 4. The molecule has 256 valence electrons. The molecule has 2 aromatic carbocycles. The van der Waals surface area contributed by atoms with E-state index < -0.39 is 68.5 Å². The van der Waals surface area contributed by atoms with Crippen LogP contribution in [-0.4, -0.2) is 68.1 Å². The van der Waals surface area contributed by atoms with E-state index in [1.165, 1.54) is 6.08 Å². The molecule has 4 aliphatic carbocycles. The van der Waals surface area contributed by atoms with Crippen LogP contribution in [0.25, 0.3) is 11.1 Å². The fourth-order valence-electron chi connectivity index (χ4n) is 6.67. The molecule has 5 atom stereocenters. The van der Waals surface area contributed by atoms with E-state index in [1.54, 1.807) is 12.2 Å². The van der Waals surface area contributed by atoms with Crippen LogP contribution in [0.1, 0.15) is 43.2 Å². The van der Waals surface area contributed by atoms with Crippen molar-refractivity contribution in [1.82, 2.24) is 20.9 Å². The fraction of sp³-hybridized carbons (Fsp3) is 0.382. The maximum absolute atomic E-state index is 13.9. The number of benzene rings is 2. The molecule has 4 bridgehead atoms. The van der Waals surface area contributed by atoms with Crippen LogP contribution in [0.3, 0.4) is 0 Å². The number of amides is 4. The number of ether oxygens (including phenoxy) is 2. The number of carbonyl (C=O) groups excluding carboxylic acids is 4. The molecule has 0 saturated heterocycles. The van der Waals surface area contributed by atoms with Gasteiger partial charge in [0.1, 0.15) is 36.3 Å². The molecule has 0 radical (unpaired) electrons. The standard InChI is InChI=1S/C34H35N5O9S/c1-2-19-18-34(19,32(42)39-49(44,45)22-10-11-22)35-30(40)27-16-21-17-28(27)31(41)36-37-33(43)47-14-6-5-13-46-20-9-12-24-23-7-3-4-8-25(23)29(38-48-21)26(24)15-20/h2-9,12,15,19,21-22,27-28H,1,10-11,13-14,16-18H2,(H,35,40)(H,36,41)(H,37,43)(H,39,42)/b6-5+,38-29+/t19-,21+,27+,28+,34+/m0/s1. The number of rotatable bonds is 6. The van der Waals surface area contributed by atoms with Gasteiger partial charge in [-0.05, 0) is 73.6 Å². The van der Waals surface area contributed by atoms with Crippen molar-refractivity contribution >= 4 is 39.5 Å². The van der Waals surface area contributed by atoms with E-state index in [9.17, 15) is 27.6 Å². The van der Waals surface area contributed by atoms with Gasteiger partial charge in [0.2, 0.25) is 21.8 Å². The van der Waals surface area contributed by atoms with E-state index >= 15 is 0 Å². The minimum atomic E-state index is -3.88. The molecule has 5 aliphatic rings. The first-order valence-electron chi connectivity index (χ1n) is 16.1. The summed E-state index contributed by atoms with van der Waals surface area (Å²) in [6.07, 6.45) is 4.32. The number of cyclic esters (lactones) is 1. The van der Waals surface area contributed by atoms with Crippen LogP contribution >= 0.6 is 0 Å². The van der Waals surface area contributed by atoms with Crippen molar-refractivity contribution in [3.63, 3.8) is 0 Å². The average Bonchev–Trinajstić information content (AvgIpc) is 4.00. The molecule has 2 aromatic rings. The third-order valence-corrected chi connectivity index (χ3v) is 11.4. The lowest BCUT2D eigenvalue weighted by atomic mass is 9.94. The highest BCUT2D eigenvalue weighted by atomic mass is 32.2. The zero-order valence-electron chi connectivity index (χ0n) is 26.3. The van der Waals surface area contributed by atoms with Crippen molar-refractivity contribution < 1.29 is 41.9 Å². The van der Waals surface area contributed by atoms with E-state index in [4.69, 9.17) is 14.3 Å². The summed E-state index contributed by atoms with van der Waals surface area (Å²) in [5, 5.41) is 6.66. The maximum Gasteiger partial charge on any atom is 0.426 e. The zero-order chi connectivity index (χ0) is 34.3. The molecular formula is C34H35N5O9S. The smallest absolute Gasteiger partial charge is 0.426 e. The molecule has 4 N–H and O–H groups in total. The SMILES string of the molecule is C=C[C@H]1C[C@]1(NC(=O)[C@@H]1C[C@@H]2C[C@H]1C(=O)NNC(=O)OC/C=C/COc1ccc3c(c1)/C(=N/O2)c1ccccc1-3)C(=O)NS(=O)(=O)C1CC1. The third-order valence-electron chi connectivity index (χ3n) is 9.56. The summed E-state index contributed by atoms with van der Waals surface area (Å²) in [7, 11) is -3.88. The minimum Gasteiger partial charge on any atom is -0.490 e. The van der Waals surface area contributed by atoms with Gasteiger partial charge in [-0.25, -0.2) is 18.6 Å². The van der Waals surface area contributed by atoms with E-state index in [0.29, 0.717) is 24.3 Å². The van der Waals surface area contributed by atoms with Gasteiger partial charge in [-0.1, -0.05) is 35.5 Å². The summed E-state index contributed by atoms with van der Waals surface area (Å²) >= 11 is 0. The van der Waals surface area contributed by atoms with Gasteiger partial charge in [0.25, 0.3) is 5.91 Å². The van der Waals surface area contributed by atoms with Crippen molar-refractivity contribution in [2.24, 2.45) is 22.9 Å². The summed E-state index contributed by atoms with van der Waals surface area (Å²) in [4.78, 5) is 58.9. The van der Waals surface area contributed by atoms with Gasteiger partial charge in [-0.2, -0.15) is 0 Å². The molecule has 0 spiro atoms. The van der Waals surface area contributed by atoms with Crippen molar-refractivity contribution in [2.45, 2.75) is 49.0 Å². The quantitative estimate of drug-likeness (QED) is 0.281. The van der Waals surface area contributed by atoms with Gasteiger partial charge in [-0.3, -0.25) is 24.5 Å². The Morgan fingerprint density at radius 1 is 0.959 bits per heavy atom. The minimum absolute atomic E-state index is 0.0461. The molecule has 1 heterocycles. The Morgan fingerprint density at radius 3 is 2.43 bits per heavy atom. The van der Waals surface area contributed by atoms with Gasteiger partial charge in [0.15, 0.2) is 0 Å². The number of fused-ring (bicyclic) bond motifs is 6. The van der Waals surface area contributed by atoms with E-state index in [2.05, 4.69) is 32.6 Å². The molecule has 0 unspecified atom stereocenters. The second-order valence-electron chi connectivity index (χ2n) is 12.8. The summed E-state index contributed by atoms with van der Waals surface area (Å²) in [6, 6.07) is 13.4. The topological polar surface area (TPSA) is 191 Å². The first kappa shape index (κ1) is 32.4. The molecule has 1 aliphatic heterocycles. The first-order valence-corrected chi connectivity index (χ1v) is 17.6. The molecule has 14 nitrogen and oxygen atoms in total. The summed E-state index contributed by atoms with van der Waals surface area (Å²) in [6.45, 7) is 3.86. The molecule has 49 heavy (non-hydrogen) atoms. The van der Waals surface area contributed by atoms with E-state index in [0.717, 1.165) is 22.3 Å². The van der Waals surface area contributed by atoms with E-state index in [-0.39, 0.29) is 32.5 Å². The van der Waals surface area contributed by atoms with E-state index in [1.807, 2.05) is 42.5 Å². The molecule has 0 aromatic heterocycles. The number of sulfonamides is 1. The lowest BCUT2D eigenvalue weighted by molar-refractivity contribution is -0.136. The van der Waals surface area contributed by atoms with Crippen LogP contribution in [0.15, 0.2) is 72.4 Å². The predicted octanol–water partition coefficient (Wildman–Crippen LogP) is 2.21. The number of carbonyl (C=O) groups is 4.